The van der Waals surface area contributed by atoms with Crippen LogP contribution in [-0.2, 0) is 6.54 Å². The molecule has 0 spiro atoms. The zero-order valence-electron chi connectivity index (χ0n) is 20.1. The highest BCUT2D eigenvalue weighted by molar-refractivity contribution is 5.58. The van der Waals surface area contributed by atoms with E-state index in [4.69, 9.17) is 9.47 Å². The number of piperazine rings is 1. The zero-order chi connectivity index (χ0) is 24.0. The molecule has 180 valence electrons. The van der Waals surface area contributed by atoms with E-state index in [9.17, 15) is 0 Å². The lowest BCUT2D eigenvalue weighted by atomic mass is 10.0. The van der Waals surface area contributed by atoms with Crippen LogP contribution in [0.5, 0.6) is 11.5 Å². The summed E-state index contributed by atoms with van der Waals surface area (Å²) in [5, 5.41) is 12.9. The molecule has 0 aliphatic carbocycles. The number of rotatable bonds is 8. The Labute approximate surface area is 205 Å². The first kappa shape index (κ1) is 22.9. The number of methoxy groups -OCH3 is 2. The lowest BCUT2D eigenvalue weighted by molar-refractivity contribution is 0.201. The number of hydrogen-bond donors (Lipinski definition) is 0. The van der Waals surface area contributed by atoms with Gasteiger partial charge >= 0.3 is 0 Å². The van der Waals surface area contributed by atoms with Crippen LogP contribution in [0, 0.1) is 0 Å². The van der Waals surface area contributed by atoms with Crippen LogP contribution in [0.1, 0.15) is 23.0 Å². The highest BCUT2D eigenvalue weighted by Gasteiger charge is 2.31. The molecule has 1 atom stereocenters. The standard InChI is InChI=1S/C27H30N6O2/c1-34-23-14-12-22(13-15-23)26(27-28-29-30-33(27)20-21-8-4-3-5-9-21)32-18-16-31(17-19-32)24-10-6-7-11-25(24)35-2/h3-15,26H,16-20H2,1-2H3. The molecule has 35 heavy (non-hydrogen) atoms. The molecular weight excluding hydrogens is 440 g/mol. The van der Waals surface area contributed by atoms with Crippen molar-refractivity contribution in [2.24, 2.45) is 0 Å². The molecule has 0 amide bonds. The Morgan fingerprint density at radius 3 is 2.23 bits per heavy atom. The Morgan fingerprint density at radius 1 is 0.800 bits per heavy atom. The van der Waals surface area contributed by atoms with E-state index in [0.29, 0.717) is 6.54 Å². The van der Waals surface area contributed by atoms with E-state index >= 15 is 0 Å². The summed E-state index contributed by atoms with van der Waals surface area (Å²) < 4.78 is 12.9. The monoisotopic (exact) mass is 470 g/mol. The largest absolute Gasteiger partial charge is 0.497 e. The van der Waals surface area contributed by atoms with Crippen molar-refractivity contribution in [2.45, 2.75) is 12.6 Å². The molecule has 3 aromatic carbocycles. The van der Waals surface area contributed by atoms with Crippen molar-refractivity contribution >= 4 is 5.69 Å². The summed E-state index contributed by atoms with van der Waals surface area (Å²) in [7, 11) is 3.41. The number of hydrogen-bond acceptors (Lipinski definition) is 7. The second-order valence-electron chi connectivity index (χ2n) is 8.55. The predicted molar refractivity (Wildman–Crippen MR) is 135 cm³/mol. The van der Waals surface area contributed by atoms with Gasteiger partial charge in [0, 0.05) is 26.2 Å². The molecule has 0 N–H and O–H groups in total. The fraction of sp³-hybridized carbons (Fsp3) is 0.296. The Morgan fingerprint density at radius 2 is 1.51 bits per heavy atom. The van der Waals surface area contributed by atoms with Gasteiger partial charge in [-0.05, 0) is 45.8 Å². The first-order valence-corrected chi connectivity index (χ1v) is 11.8. The van der Waals surface area contributed by atoms with Crippen LogP contribution >= 0.6 is 0 Å². The van der Waals surface area contributed by atoms with E-state index in [1.54, 1.807) is 14.2 Å². The predicted octanol–water partition coefficient (Wildman–Crippen LogP) is 3.65. The van der Waals surface area contributed by atoms with Gasteiger partial charge in [0.1, 0.15) is 11.5 Å². The van der Waals surface area contributed by atoms with E-state index in [-0.39, 0.29) is 6.04 Å². The molecule has 0 radical (unpaired) electrons. The van der Waals surface area contributed by atoms with Crippen molar-refractivity contribution in [1.29, 1.82) is 0 Å². The van der Waals surface area contributed by atoms with Gasteiger partial charge in [0.05, 0.1) is 32.5 Å². The van der Waals surface area contributed by atoms with Crippen molar-refractivity contribution < 1.29 is 9.47 Å². The van der Waals surface area contributed by atoms with Crippen molar-refractivity contribution in [2.75, 3.05) is 45.3 Å². The average Bonchev–Trinajstić information content (AvgIpc) is 3.37. The number of tetrazole rings is 1. The number of para-hydroxylation sites is 2. The lowest BCUT2D eigenvalue weighted by Gasteiger charge is -2.40. The minimum atomic E-state index is -0.0700. The van der Waals surface area contributed by atoms with Gasteiger partial charge in [0.15, 0.2) is 5.82 Å². The highest BCUT2D eigenvalue weighted by atomic mass is 16.5. The van der Waals surface area contributed by atoms with Gasteiger partial charge in [-0.1, -0.05) is 54.6 Å². The molecule has 4 aromatic rings. The molecular formula is C27H30N6O2. The average molecular weight is 471 g/mol. The lowest BCUT2D eigenvalue weighted by Crippen LogP contribution is -2.48. The number of benzene rings is 3. The summed E-state index contributed by atoms with van der Waals surface area (Å²) in [5.74, 6) is 2.57. The van der Waals surface area contributed by atoms with Crippen LogP contribution < -0.4 is 14.4 Å². The molecule has 0 bridgehead atoms. The normalized spacial score (nSPS) is 15.1. The molecule has 1 fully saturated rings. The van der Waals surface area contributed by atoms with Gasteiger partial charge < -0.3 is 14.4 Å². The minimum absolute atomic E-state index is 0.0700. The van der Waals surface area contributed by atoms with E-state index < -0.39 is 0 Å². The fourth-order valence-corrected chi connectivity index (χ4v) is 4.70. The van der Waals surface area contributed by atoms with Gasteiger partial charge in [0.2, 0.25) is 0 Å². The molecule has 0 saturated carbocycles. The van der Waals surface area contributed by atoms with E-state index in [2.05, 4.69) is 61.7 Å². The molecule has 1 saturated heterocycles. The Hall–Kier alpha value is -3.91. The van der Waals surface area contributed by atoms with Crippen molar-refractivity contribution in [3.63, 3.8) is 0 Å². The molecule has 2 heterocycles. The maximum atomic E-state index is 5.60. The Bertz CT molecular complexity index is 1220. The first-order valence-electron chi connectivity index (χ1n) is 11.8. The number of nitrogens with zero attached hydrogens (tertiary/aromatic N) is 6. The fourth-order valence-electron chi connectivity index (χ4n) is 4.70. The Balaban J connectivity index is 1.43. The van der Waals surface area contributed by atoms with Gasteiger partial charge in [-0.2, -0.15) is 0 Å². The SMILES string of the molecule is COc1ccc(C(c2nnnn2Cc2ccccc2)N2CCN(c3ccccc3OC)CC2)cc1. The number of ether oxygens (including phenoxy) is 2. The number of anilines is 1. The van der Waals surface area contributed by atoms with Gasteiger partial charge in [0.25, 0.3) is 0 Å². The van der Waals surface area contributed by atoms with Crippen molar-refractivity contribution in [3.05, 3.63) is 95.8 Å². The molecule has 1 aromatic heterocycles. The van der Waals surface area contributed by atoms with E-state index in [0.717, 1.165) is 60.3 Å². The van der Waals surface area contributed by atoms with Crippen LogP contribution in [0.3, 0.4) is 0 Å². The molecule has 1 unspecified atom stereocenters. The third-order valence-corrected chi connectivity index (χ3v) is 6.52. The summed E-state index contributed by atoms with van der Waals surface area (Å²) in [6.45, 7) is 4.12. The van der Waals surface area contributed by atoms with Crippen LogP contribution in [0.2, 0.25) is 0 Å². The van der Waals surface area contributed by atoms with Crippen LogP contribution in [0.25, 0.3) is 0 Å². The second kappa shape index (κ2) is 10.6. The first-order chi connectivity index (χ1) is 17.3. The third-order valence-electron chi connectivity index (χ3n) is 6.52. The third kappa shape index (κ3) is 4.97. The summed E-state index contributed by atoms with van der Waals surface area (Å²) in [4.78, 5) is 4.84. The molecule has 1 aliphatic heterocycles. The maximum absolute atomic E-state index is 5.60. The zero-order valence-corrected chi connectivity index (χ0v) is 20.1. The minimum Gasteiger partial charge on any atom is -0.497 e. The summed E-state index contributed by atoms with van der Waals surface area (Å²) in [5.41, 5.74) is 3.43. The highest BCUT2D eigenvalue weighted by Crippen LogP contribution is 2.33. The summed E-state index contributed by atoms with van der Waals surface area (Å²) in [6.07, 6.45) is 0. The quantitative estimate of drug-likeness (QED) is 0.389. The number of aromatic nitrogens is 4. The van der Waals surface area contributed by atoms with Crippen LogP contribution in [-0.4, -0.2) is 65.5 Å². The van der Waals surface area contributed by atoms with E-state index in [1.807, 2.05) is 47.1 Å². The summed E-state index contributed by atoms with van der Waals surface area (Å²) >= 11 is 0. The van der Waals surface area contributed by atoms with Crippen molar-refractivity contribution in [1.82, 2.24) is 25.1 Å². The molecule has 8 nitrogen and oxygen atoms in total. The summed E-state index contributed by atoms with van der Waals surface area (Å²) in [6, 6.07) is 26.6. The maximum Gasteiger partial charge on any atom is 0.173 e. The molecule has 1 aliphatic rings. The van der Waals surface area contributed by atoms with Gasteiger partial charge in [-0.25, -0.2) is 4.68 Å². The molecule has 5 rings (SSSR count). The molecule has 8 heteroatoms. The topological polar surface area (TPSA) is 68.5 Å². The van der Waals surface area contributed by atoms with Crippen LogP contribution in [0.4, 0.5) is 5.69 Å². The van der Waals surface area contributed by atoms with E-state index in [1.165, 1.54) is 0 Å². The van der Waals surface area contributed by atoms with Crippen LogP contribution in [0.15, 0.2) is 78.9 Å². The van der Waals surface area contributed by atoms with Gasteiger partial charge in [-0.15, -0.1) is 5.10 Å². The second-order valence-corrected chi connectivity index (χ2v) is 8.55. The smallest absolute Gasteiger partial charge is 0.173 e. The Kier molecular flexibility index (Phi) is 6.90. The van der Waals surface area contributed by atoms with Crippen molar-refractivity contribution in [3.8, 4) is 11.5 Å². The van der Waals surface area contributed by atoms with Gasteiger partial charge in [-0.3, -0.25) is 4.90 Å².